The molecule has 15 heavy (non-hydrogen) atoms. The number of rotatable bonds is 1. The van der Waals surface area contributed by atoms with Crippen molar-refractivity contribution in [2.45, 2.75) is 12.6 Å². The van der Waals surface area contributed by atoms with Crippen LogP contribution in [0.2, 0.25) is 0 Å². The van der Waals surface area contributed by atoms with Gasteiger partial charge in [-0.1, -0.05) is 18.2 Å². The first-order valence-electron chi connectivity index (χ1n) is 4.52. The van der Waals surface area contributed by atoms with Gasteiger partial charge in [0.1, 0.15) is 5.82 Å². The molecule has 1 unspecified atom stereocenters. The number of hydrogen-bond acceptors (Lipinski definition) is 2. The Morgan fingerprint density at radius 1 is 1.40 bits per heavy atom. The number of benzene rings is 1. The summed E-state index contributed by atoms with van der Waals surface area (Å²) >= 11 is 0. The average Bonchev–Trinajstić information content (AvgIpc) is 2.40. The highest BCUT2D eigenvalue weighted by Gasteiger charge is 2.35. The van der Waals surface area contributed by atoms with Crippen molar-refractivity contribution in [2.24, 2.45) is 0 Å². The SMILES string of the molecule is CC1(O)NC(=O)C=C1c1ccccc1F. The normalized spacial score (nSPS) is 25.0. The second-order valence-electron chi connectivity index (χ2n) is 3.60. The fourth-order valence-electron chi connectivity index (χ4n) is 1.63. The highest BCUT2D eigenvalue weighted by molar-refractivity contribution is 6.02. The molecule has 1 amide bonds. The summed E-state index contributed by atoms with van der Waals surface area (Å²) in [5.41, 5.74) is -1.01. The molecule has 0 saturated heterocycles. The predicted molar refractivity (Wildman–Crippen MR) is 53.1 cm³/mol. The standard InChI is InChI=1S/C11H10FNO2/c1-11(15)8(6-10(14)13-11)7-4-2-3-5-9(7)12/h2-6,15H,1H3,(H,13,14). The van der Waals surface area contributed by atoms with Gasteiger partial charge in [0.25, 0.3) is 0 Å². The maximum absolute atomic E-state index is 13.4. The lowest BCUT2D eigenvalue weighted by atomic mass is 9.98. The number of aliphatic hydroxyl groups is 1. The molecule has 2 N–H and O–H groups in total. The Morgan fingerprint density at radius 3 is 2.60 bits per heavy atom. The summed E-state index contributed by atoms with van der Waals surface area (Å²) in [6.45, 7) is 1.41. The lowest BCUT2D eigenvalue weighted by Gasteiger charge is -2.21. The van der Waals surface area contributed by atoms with Crippen LogP contribution in [0.25, 0.3) is 5.57 Å². The summed E-state index contributed by atoms with van der Waals surface area (Å²) in [5, 5.41) is 12.2. The molecule has 0 fully saturated rings. The minimum Gasteiger partial charge on any atom is -0.367 e. The monoisotopic (exact) mass is 207 g/mol. The smallest absolute Gasteiger partial charge is 0.246 e. The molecule has 1 aromatic rings. The van der Waals surface area contributed by atoms with Crippen molar-refractivity contribution in [1.82, 2.24) is 5.32 Å². The highest BCUT2D eigenvalue weighted by atomic mass is 19.1. The first-order chi connectivity index (χ1) is 7.00. The van der Waals surface area contributed by atoms with Crippen molar-refractivity contribution in [1.29, 1.82) is 0 Å². The van der Waals surface area contributed by atoms with Gasteiger partial charge in [-0.2, -0.15) is 0 Å². The van der Waals surface area contributed by atoms with Gasteiger partial charge in [0.2, 0.25) is 5.91 Å². The van der Waals surface area contributed by atoms with E-state index in [0.29, 0.717) is 0 Å². The van der Waals surface area contributed by atoms with Gasteiger partial charge in [0, 0.05) is 17.2 Å². The van der Waals surface area contributed by atoms with Crippen LogP contribution in [0.1, 0.15) is 12.5 Å². The third-order valence-corrected chi connectivity index (χ3v) is 2.33. The van der Waals surface area contributed by atoms with E-state index in [1.54, 1.807) is 12.1 Å². The van der Waals surface area contributed by atoms with E-state index in [4.69, 9.17) is 0 Å². The van der Waals surface area contributed by atoms with Crippen molar-refractivity contribution in [2.75, 3.05) is 0 Å². The largest absolute Gasteiger partial charge is 0.367 e. The van der Waals surface area contributed by atoms with Crippen LogP contribution in [0, 0.1) is 5.82 Å². The Kier molecular flexibility index (Phi) is 2.08. The lowest BCUT2D eigenvalue weighted by Crippen LogP contribution is -2.40. The number of hydrogen-bond donors (Lipinski definition) is 2. The maximum Gasteiger partial charge on any atom is 0.246 e. The van der Waals surface area contributed by atoms with Crippen LogP contribution >= 0.6 is 0 Å². The maximum atomic E-state index is 13.4. The zero-order valence-corrected chi connectivity index (χ0v) is 8.12. The first-order valence-corrected chi connectivity index (χ1v) is 4.52. The number of halogens is 1. The molecule has 0 aliphatic carbocycles. The minimum absolute atomic E-state index is 0.237. The Labute approximate surface area is 86.2 Å². The van der Waals surface area contributed by atoms with Gasteiger partial charge in [-0.25, -0.2) is 4.39 Å². The van der Waals surface area contributed by atoms with Crippen LogP contribution in [-0.4, -0.2) is 16.7 Å². The fourth-order valence-corrected chi connectivity index (χ4v) is 1.63. The summed E-state index contributed by atoms with van der Waals surface area (Å²) in [6, 6.07) is 6.02. The van der Waals surface area contributed by atoms with E-state index in [-0.39, 0.29) is 11.1 Å². The first kappa shape index (κ1) is 9.86. The zero-order chi connectivity index (χ0) is 11.1. The molecule has 0 aromatic heterocycles. The minimum atomic E-state index is -1.50. The van der Waals surface area contributed by atoms with Gasteiger partial charge >= 0.3 is 0 Å². The van der Waals surface area contributed by atoms with E-state index in [1.807, 2.05) is 0 Å². The van der Waals surface area contributed by atoms with Crippen LogP contribution in [-0.2, 0) is 4.79 Å². The Hall–Kier alpha value is -1.68. The van der Waals surface area contributed by atoms with Crippen molar-refractivity contribution < 1.29 is 14.3 Å². The molecular weight excluding hydrogens is 197 g/mol. The summed E-state index contributed by atoms with van der Waals surface area (Å²) in [6.07, 6.45) is 1.21. The molecule has 0 saturated carbocycles. The molecule has 0 bridgehead atoms. The van der Waals surface area contributed by atoms with Gasteiger partial charge in [0.05, 0.1) is 0 Å². The van der Waals surface area contributed by atoms with E-state index in [0.717, 1.165) is 0 Å². The number of carbonyl (C=O) groups is 1. The van der Waals surface area contributed by atoms with Crippen LogP contribution < -0.4 is 5.32 Å². The molecule has 0 spiro atoms. The second kappa shape index (κ2) is 3.17. The third-order valence-electron chi connectivity index (χ3n) is 2.33. The number of nitrogens with one attached hydrogen (secondary N) is 1. The molecule has 1 aliphatic heterocycles. The summed E-state index contributed by atoms with van der Waals surface area (Å²) in [4.78, 5) is 11.1. The van der Waals surface area contributed by atoms with Crippen molar-refractivity contribution in [3.63, 3.8) is 0 Å². The van der Waals surface area contributed by atoms with E-state index < -0.39 is 17.4 Å². The van der Waals surface area contributed by atoms with Gasteiger partial charge in [-0.3, -0.25) is 4.79 Å². The number of amides is 1. The highest BCUT2D eigenvalue weighted by Crippen LogP contribution is 2.30. The van der Waals surface area contributed by atoms with Gasteiger partial charge < -0.3 is 10.4 Å². The van der Waals surface area contributed by atoms with Crippen LogP contribution in [0.3, 0.4) is 0 Å². The van der Waals surface area contributed by atoms with Crippen LogP contribution in [0.5, 0.6) is 0 Å². The van der Waals surface area contributed by atoms with E-state index in [9.17, 15) is 14.3 Å². The molecule has 4 heteroatoms. The van der Waals surface area contributed by atoms with Crippen LogP contribution in [0.15, 0.2) is 30.3 Å². The second-order valence-corrected chi connectivity index (χ2v) is 3.60. The quantitative estimate of drug-likeness (QED) is 0.723. The van der Waals surface area contributed by atoms with Gasteiger partial charge in [0.15, 0.2) is 5.72 Å². The van der Waals surface area contributed by atoms with Gasteiger partial charge in [-0.15, -0.1) is 0 Å². The molecule has 3 nitrogen and oxygen atoms in total. The molecule has 78 valence electrons. The summed E-state index contributed by atoms with van der Waals surface area (Å²) < 4.78 is 13.4. The molecule has 1 aliphatic rings. The van der Waals surface area contributed by atoms with Crippen molar-refractivity contribution in [3.05, 3.63) is 41.7 Å². The van der Waals surface area contributed by atoms with E-state index in [1.165, 1.54) is 25.1 Å². The molecule has 1 atom stereocenters. The number of carbonyl (C=O) groups excluding carboxylic acids is 1. The Balaban J connectivity index is 2.53. The van der Waals surface area contributed by atoms with Crippen molar-refractivity contribution in [3.8, 4) is 0 Å². The van der Waals surface area contributed by atoms with Crippen molar-refractivity contribution >= 4 is 11.5 Å². The molecule has 1 heterocycles. The van der Waals surface area contributed by atoms with E-state index in [2.05, 4.69) is 5.32 Å². The Bertz CT molecular complexity index is 452. The zero-order valence-electron chi connectivity index (χ0n) is 8.12. The fraction of sp³-hybridized carbons (Fsp3) is 0.182. The van der Waals surface area contributed by atoms with Crippen LogP contribution in [0.4, 0.5) is 4.39 Å². The lowest BCUT2D eigenvalue weighted by molar-refractivity contribution is -0.119. The molecule has 0 radical (unpaired) electrons. The molecule has 1 aromatic carbocycles. The summed E-state index contributed by atoms with van der Waals surface area (Å²) in [7, 11) is 0. The summed E-state index contributed by atoms with van der Waals surface area (Å²) in [5.74, 6) is -0.876. The molecule has 2 rings (SSSR count). The average molecular weight is 207 g/mol. The van der Waals surface area contributed by atoms with E-state index >= 15 is 0 Å². The predicted octanol–water partition coefficient (Wildman–Crippen LogP) is 1.05. The third kappa shape index (κ3) is 1.64. The Morgan fingerprint density at radius 2 is 2.07 bits per heavy atom. The molecular formula is C11H10FNO2. The van der Waals surface area contributed by atoms with Gasteiger partial charge in [-0.05, 0) is 13.0 Å². The topological polar surface area (TPSA) is 49.3 Å².